The Labute approximate surface area is 187 Å². The second-order valence-corrected chi connectivity index (χ2v) is 8.00. The number of hydrogen-bond acceptors (Lipinski definition) is 5. The molecule has 2 aliphatic rings. The van der Waals surface area contributed by atoms with Crippen molar-refractivity contribution in [2.75, 3.05) is 18.7 Å². The van der Waals surface area contributed by atoms with Crippen LogP contribution in [0.2, 0.25) is 10.0 Å². The molecule has 0 amide bonds. The lowest BCUT2D eigenvalue weighted by Crippen LogP contribution is -2.01. The SMILES string of the molecule is COC(=O)c1cccc2nc(SC)[nH]c12.Clc1cccc(Nc2ccc3cc2-3)c1Cl. The van der Waals surface area contributed by atoms with Crippen LogP contribution in [0, 0.1) is 0 Å². The van der Waals surface area contributed by atoms with Gasteiger partial charge in [-0.25, -0.2) is 9.78 Å². The van der Waals surface area contributed by atoms with Crippen molar-refractivity contribution in [3.63, 3.8) is 0 Å². The average Bonchev–Trinajstić information content (AvgIpc) is 3.24. The number of aromatic nitrogens is 2. The van der Waals surface area contributed by atoms with Gasteiger partial charge in [-0.2, -0.15) is 0 Å². The van der Waals surface area contributed by atoms with E-state index >= 15 is 0 Å². The van der Waals surface area contributed by atoms with E-state index in [1.54, 1.807) is 18.2 Å². The molecule has 2 aromatic carbocycles. The van der Waals surface area contributed by atoms with Crippen LogP contribution in [0.25, 0.3) is 22.2 Å². The second-order valence-electron chi connectivity index (χ2n) is 6.42. The third-order valence-electron chi connectivity index (χ3n) is 4.56. The summed E-state index contributed by atoms with van der Waals surface area (Å²) in [5.74, 6) is -0.350. The summed E-state index contributed by atoms with van der Waals surface area (Å²) >= 11 is 13.5. The highest BCUT2D eigenvalue weighted by Gasteiger charge is 2.18. The number of rotatable bonds is 4. The van der Waals surface area contributed by atoms with Crippen molar-refractivity contribution in [1.29, 1.82) is 0 Å². The van der Waals surface area contributed by atoms with E-state index in [2.05, 4.69) is 27.4 Å². The summed E-state index contributed by atoms with van der Waals surface area (Å²) in [6, 6.07) is 17.2. The van der Waals surface area contributed by atoms with Crippen LogP contribution in [0.1, 0.15) is 10.4 Å². The topological polar surface area (TPSA) is 67.0 Å². The number of nitrogens with zero attached hydrogens (tertiary/aromatic N) is 1. The molecule has 0 spiro atoms. The Morgan fingerprint density at radius 2 is 1.90 bits per heavy atom. The maximum absolute atomic E-state index is 11.4. The van der Waals surface area contributed by atoms with Crippen LogP contribution in [0.4, 0.5) is 11.4 Å². The normalized spacial score (nSPS) is 10.9. The van der Waals surface area contributed by atoms with E-state index < -0.39 is 0 Å². The standard InChI is InChI=1S/C12H7Cl2N.C10H10N2O2S/c13-9-2-1-3-11(12(9)14)15-10-5-4-7-6-8(7)10;1-14-9(13)6-4-3-5-7-8(6)12-10(11-7)15-2/h1-6,15H;3-5H,1-2H3,(H,11,12). The second kappa shape index (κ2) is 8.60. The highest BCUT2D eigenvalue weighted by atomic mass is 35.5. The predicted molar refractivity (Wildman–Crippen MR) is 124 cm³/mol. The number of halogens is 2. The van der Waals surface area contributed by atoms with Crippen molar-refractivity contribution in [2.45, 2.75) is 5.16 Å². The Morgan fingerprint density at radius 1 is 1.10 bits per heavy atom. The largest absolute Gasteiger partial charge is 0.465 e. The molecule has 0 aliphatic heterocycles. The minimum absolute atomic E-state index is 0.350. The van der Waals surface area contributed by atoms with Gasteiger partial charge in [-0.05, 0) is 48.2 Å². The van der Waals surface area contributed by atoms with Gasteiger partial charge in [0, 0.05) is 11.3 Å². The molecular weight excluding hydrogens is 441 g/mol. The summed E-state index contributed by atoms with van der Waals surface area (Å²) in [6.45, 7) is 0. The zero-order valence-corrected chi connectivity index (χ0v) is 18.5. The van der Waals surface area contributed by atoms with Crippen molar-refractivity contribution in [3.8, 4) is 11.1 Å². The van der Waals surface area contributed by atoms with Crippen LogP contribution in [-0.2, 0) is 4.74 Å². The lowest BCUT2D eigenvalue weighted by molar-refractivity contribution is 0.0603. The molecule has 0 atom stereocenters. The maximum Gasteiger partial charge on any atom is 0.340 e. The summed E-state index contributed by atoms with van der Waals surface area (Å²) in [6.07, 6.45) is 1.93. The number of fused-ring (bicyclic) bond motifs is 2. The average molecular weight is 458 g/mol. The van der Waals surface area contributed by atoms with Gasteiger partial charge >= 0.3 is 5.97 Å². The molecule has 1 aromatic heterocycles. The van der Waals surface area contributed by atoms with E-state index in [9.17, 15) is 4.79 Å². The Balaban J connectivity index is 0.000000145. The molecule has 2 N–H and O–H groups in total. The van der Waals surface area contributed by atoms with E-state index in [4.69, 9.17) is 27.9 Å². The number of aromatic amines is 1. The van der Waals surface area contributed by atoms with Crippen molar-refractivity contribution in [2.24, 2.45) is 0 Å². The van der Waals surface area contributed by atoms with Crippen molar-refractivity contribution in [1.82, 2.24) is 9.97 Å². The Bertz CT molecular complexity index is 1260. The van der Waals surface area contributed by atoms with Gasteiger partial charge in [0.25, 0.3) is 0 Å². The highest BCUT2D eigenvalue weighted by Crippen LogP contribution is 2.44. The number of methoxy groups -OCH3 is 1. The fourth-order valence-electron chi connectivity index (χ4n) is 2.99. The minimum Gasteiger partial charge on any atom is -0.465 e. The summed E-state index contributed by atoms with van der Waals surface area (Å²) in [5, 5.41) is 5.19. The molecule has 8 heteroatoms. The quantitative estimate of drug-likeness (QED) is 0.229. The number of thioether (sulfide) groups is 1. The molecule has 0 saturated carbocycles. The molecule has 152 valence electrons. The Morgan fingerprint density at radius 3 is 2.57 bits per heavy atom. The van der Waals surface area contributed by atoms with Gasteiger partial charge in [-0.3, -0.25) is 0 Å². The smallest absolute Gasteiger partial charge is 0.340 e. The molecule has 0 fully saturated rings. The van der Waals surface area contributed by atoms with Gasteiger partial charge in [0.2, 0.25) is 0 Å². The Kier molecular flexibility index (Phi) is 5.90. The first kappa shape index (κ1) is 20.6. The number of carbonyl (C=O) groups excluding carboxylic acids is 1. The van der Waals surface area contributed by atoms with Crippen LogP contribution in [-0.4, -0.2) is 29.3 Å². The van der Waals surface area contributed by atoms with E-state index in [-0.39, 0.29) is 5.97 Å². The zero-order chi connectivity index (χ0) is 21.3. The number of H-pyrrole nitrogens is 1. The highest BCUT2D eigenvalue weighted by molar-refractivity contribution is 7.98. The Hall–Kier alpha value is -2.67. The molecule has 3 aromatic rings. The third kappa shape index (κ3) is 4.12. The number of para-hydroxylation sites is 1. The van der Waals surface area contributed by atoms with Crippen LogP contribution in [0.15, 0.2) is 59.8 Å². The molecule has 0 saturated heterocycles. The summed E-state index contributed by atoms with van der Waals surface area (Å²) in [5.41, 5.74) is 6.53. The lowest BCUT2D eigenvalue weighted by Gasteiger charge is -2.07. The predicted octanol–water partition coefficient (Wildman–Crippen LogP) is 6.79. The number of nitrogens with one attached hydrogen (secondary N) is 2. The minimum atomic E-state index is -0.350. The molecule has 2 aliphatic carbocycles. The maximum atomic E-state index is 11.4. The van der Waals surface area contributed by atoms with Crippen molar-refractivity contribution < 1.29 is 9.53 Å². The first-order valence-electron chi connectivity index (χ1n) is 8.98. The molecule has 0 radical (unpaired) electrons. The fraction of sp³-hybridized carbons (Fsp3) is 0.0909. The van der Waals surface area contributed by atoms with Crippen LogP contribution in [0.5, 0.6) is 0 Å². The van der Waals surface area contributed by atoms with Gasteiger partial charge in [-0.1, -0.05) is 53.2 Å². The first-order chi connectivity index (χ1) is 14.5. The molecule has 1 heterocycles. The van der Waals surface area contributed by atoms with Crippen LogP contribution in [0.3, 0.4) is 0 Å². The van der Waals surface area contributed by atoms with Gasteiger partial charge in [0.05, 0.1) is 39.4 Å². The number of imidazole rings is 1. The monoisotopic (exact) mass is 457 g/mol. The molecular formula is C22H17Cl2N3O2S. The lowest BCUT2D eigenvalue weighted by atomic mass is 10.2. The number of carbonyl (C=O) groups is 1. The van der Waals surface area contributed by atoms with Gasteiger partial charge in [0.1, 0.15) is 0 Å². The third-order valence-corrected chi connectivity index (χ3v) is 5.96. The van der Waals surface area contributed by atoms with Gasteiger partial charge in [0.15, 0.2) is 5.16 Å². The van der Waals surface area contributed by atoms with Gasteiger partial charge < -0.3 is 15.0 Å². The number of hydrogen-bond donors (Lipinski definition) is 2. The fourth-order valence-corrected chi connectivity index (χ4v) is 3.74. The molecule has 5 rings (SSSR count). The van der Waals surface area contributed by atoms with Crippen molar-refractivity contribution >= 4 is 63.3 Å². The van der Waals surface area contributed by atoms with Crippen LogP contribution < -0.4 is 5.32 Å². The molecule has 30 heavy (non-hydrogen) atoms. The molecule has 0 bridgehead atoms. The van der Waals surface area contributed by atoms with Crippen molar-refractivity contribution in [3.05, 3.63) is 70.2 Å². The first-order valence-corrected chi connectivity index (χ1v) is 11.0. The number of esters is 1. The van der Waals surface area contributed by atoms with E-state index in [1.165, 1.54) is 30.0 Å². The van der Waals surface area contributed by atoms with E-state index in [0.29, 0.717) is 15.6 Å². The molecule has 5 nitrogen and oxygen atoms in total. The van der Waals surface area contributed by atoms with E-state index in [0.717, 1.165) is 27.6 Å². The zero-order valence-electron chi connectivity index (χ0n) is 16.1. The molecule has 0 unspecified atom stereocenters. The van der Waals surface area contributed by atoms with Crippen LogP contribution >= 0.6 is 35.0 Å². The van der Waals surface area contributed by atoms with Gasteiger partial charge in [-0.15, -0.1) is 0 Å². The number of anilines is 2. The number of benzene rings is 3. The summed E-state index contributed by atoms with van der Waals surface area (Å²) in [4.78, 5) is 18.8. The van der Waals surface area contributed by atoms with E-state index in [1.807, 2.05) is 30.5 Å². The number of ether oxygens (including phenoxy) is 1. The summed E-state index contributed by atoms with van der Waals surface area (Å²) < 4.78 is 4.69. The summed E-state index contributed by atoms with van der Waals surface area (Å²) in [7, 11) is 1.37.